The van der Waals surface area contributed by atoms with Crippen LogP contribution in [-0.4, -0.2) is 58.3 Å². The van der Waals surface area contributed by atoms with Gasteiger partial charge in [-0.3, -0.25) is 9.59 Å². The highest BCUT2D eigenvalue weighted by Gasteiger charge is 2.37. The first-order valence-electron chi connectivity index (χ1n) is 9.87. The van der Waals surface area contributed by atoms with Crippen molar-refractivity contribution in [3.63, 3.8) is 0 Å². The fourth-order valence-electron chi connectivity index (χ4n) is 3.82. The van der Waals surface area contributed by atoms with E-state index >= 15 is 0 Å². The standard InChI is InChI=1S/C20H22FN5O4S/c1-12-9-13(2)25(23-12)18-5-3-14(10-16(18)21)22-20(28)17-4-6-19(27)26(24-17)15-7-8-31(29,30)11-15/h3,5,9-10,15H,4,6-8,11H2,1-2H3,(H,22,28). The molecule has 3 heterocycles. The number of nitrogens with zero attached hydrogens (tertiary/aromatic N) is 4. The van der Waals surface area contributed by atoms with E-state index in [-0.39, 0.29) is 47.3 Å². The Bertz CT molecular complexity index is 1200. The van der Waals surface area contributed by atoms with E-state index < -0.39 is 27.6 Å². The third-order valence-corrected chi connectivity index (χ3v) is 7.07. The van der Waals surface area contributed by atoms with Crippen LogP contribution in [0.2, 0.25) is 0 Å². The fourth-order valence-corrected chi connectivity index (χ4v) is 5.51. The summed E-state index contributed by atoms with van der Waals surface area (Å²) < 4.78 is 39.6. The number of anilines is 1. The van der Waals surface area contributed by atoms with Crippen molar-refractivity contribution in [1.29, 1.82) is 0 Å². The van der Waals surface area contributed by atoms with Gasteiger partial charge in [-0.15, -0.1) is 0 Å². The quantitative estimate of drug-likeness (QED) is 0.767. The summed E-state index contributed by atoms with van der Waals surface area (Å²) in [7, 11) is -3.20. The van der Waals surface area contributed by atoms with Crippen LogP contribution in [0.1, 0.15) is 30.7 Å². The van der Waals surface area contributed by atoms with Gasteiger partial charge in [0, 0.05) is 24.2 Å². The third kappa shape index (κ3) is 4.36. The average Bonchev–Trinajstić information content (AvgIpc) is 3.22. The minimum absolute atomic E-state index is 0.000622. The van der Waals surface area contributed by atoms with Gasteiger partial charge in [0.05, 0.1) is 23.2 Å². The Balaban J connectivity index is 1.51. The fraction of sp³-hybridized carbons (Fsp3) is 0.400. The highest BCUT2D eigenvalue weighted by atomic mass is 32.2. The summed E-state index contributed by atoms with van der Waals surface area (Å²) in [6, 6.07) is 5.55. The molecular formula is C20H22FN5O4S. The Morgan fingerprint density at radius 2 is 2.00 bits per heavy atom. The Kier molecular flexibility index (Phi) is 5.38. The zero-order valence-electron chi connectivity index (χ0n) is 17.1. The lowest BCUT2D eigenvalue weighted by Crippen LogP contribution is -2.42. The van der Waals surface area contributed by atoms with E-state index in [2.05, 4.69) is 15.5 Å². The summed E-state index contributed by atoms with van der Waals surface area (Å²) in [5.74, 6) is -1.58. The van der Waals surface area contributed by atoms with Crippen molar-refractivity contribution < 1.29 is 22.4 Å². The van der Waals surface area contributed by atoms with Gasteiger partial charge in [0.15, 0.2) is 15.7 Å². The van der Waals surface area contributed by atoms with Gasteiger partial charge in [-0.1, -0.05) is 0 Å². The van der Waals surface area contributed by atoms with Crippen LogP contribution in [0.3, 0.4) is 0 Å². The third-order valence-electron chi connectivity index (χ3n) is 5.32. The van der Waals surface area contributed by atoms with Crippen molar-refractivity contribution in [2.45, 2.75) is 39.2 Å². The van der Waals surface area contributed by atoms with Crippen molar-refractivity contribution in [1.82, 2.24) is 14.8 Å². The van der Waals surface area contributed by atoms with Gasteiger partial charge in [-0.05, 0) is 44.5 Å². The second kappa shape index (κ2) is 7.88. The molecule has 1 aromatic heterocycles. The zero-order chi connectivity index (χ0) is 22.3. The largest absolute Gasteiger partial charge is 0.321 e. The normalized spacial score (nSPS) is 20.6. The van der Waals surface area contributed by atoms with Gasteiger partial charge in [0.25, 0.3) is 5.91 Å². The number of benzene rings is 1. The molecular weight excluding hydrogens is 425 g/mol. The van der Waals surface area contributed by atoms with E-state index in [4.69, 9.17) is 0 Å². The van der Waals surface area contributed by atoms with E-state index in [0.717, 1.165) is 16.4 Å². The van der Waals surface area contributed by atoms with E-state index in [1.54, 1.807) is 6.07 Å². The first-order valence-corrected chi connectivity index (χ1v) is 11.7. The maximum absolute atomic E-state index is 14.7. The number of carbonyl (C=O) groups is 2. The Morgan fingerprint density at radius 1 is 1.23 bits per heavy atom. The summed E-state index contributed by atoms with van der Waals surface area (Å²) in [5, 5.41) is 12.1. The van der Waals surface area contributed by atoms with E-state index in [0.29, 0.717) is 6.42 Å². The minimum Gasteiger partial charge on any atom is -0.321 e. The van der Waals surface area contributed by atoms with Crippen LogP contribution in [0.25, 0.3) is 5.69 Å². The first-order chi connectivity index (χ1) is 14.6. The molecule has 2 aliphatic heterocycles. The number of hydrogen-bond acceptors (Lipinski definition) is 6. The summed E-state index contributed by atoms with van der Waals surface area (Å²) in [6.07, 6.45) is 0.493. The number of carbonyl (C=O) groups excluding carboxylic acids is 2. The Labute approximate surface area is 178 Å². The monoisotopic (exact) mass is 447 g/mol. The lowest BCUT2D eigenvalue weighted by Gasteiger charge is -2.27. The molecule has 1 fully saturated rings. The zero-order valence-corrected chi connectivity index (χ0v) is 17.9. The molecule has 1 saturated heterocycles. The predicted molar refractivity (Wildman–Crippen MR) is 112 cm³/mol. The number of aromatic nitrogens is 2. The summed E-state index contributed by atoms with van der Waals surface area (Å²) >= 11 is 0. The number of hydrazone groups is 1. The van der Waals surface area contributed by atoms with Crippen molar-refractivity contribution in [3.05, 3.63) is 41.5 Å². The lowest BCUT2D eigenvalue weighted by atomic mass is 10.1. The van der Waals surface area contributed by atoms with Crippen LogP contribution >= 0.6 is 0 Å². The van der Waals surface area contributed by atoms with Gasteiger partial charge in [-0.2, -0.15) is 10.2 Å². The molecule has 0 bridgehead atoms. The average molecular weight is 447 g/mol. The van der Waals surface area contributed by atoms with Gasteiger partial charge in [0.1, 0.15) is 11.4 Å². The van der Waals surface area contributed by atoms with Gasteiger partial charge < -0.3 is 5.32 Å². The van der Waals surface area contributed by atoms with Crippen molar-refractivity contribution in [3.8, 4) is 5.69 Å². The molecule has 2 amide bonds. The highest BCUT2D eigenvalue weighted by molar-refractivity contribution is 7.91. The summed E-state index contributed by atoms with van der Waals surface area (Å²) in [4.78, 5) is 24.8. The SMILES string of the molecule is Cc1cc(C)n(-c2ccc(NC(=O)C3=NN(C4CCS(=O)(=O)C4)C(=O)CC3)cc2F)n1. The second-order valence-electron chi connectivity index (χ2n) is 7.80. The Hall–Kier alpha value is -3.08. The van der Waals surface area contributed by atoms with E-state index in [1.807, 2.05) is 19.9 Å². The molecule has 164 valence electrons. The van der Waals surface area contributed by atoms with Crippen molar-refractivity contribution in [2.24, 2.45) is 5.10 Å². The number of halogens is 1. The second-order valence-corrected chi connectivity index (χ2v) is 10.0. The molecule has 9 nitrogen and oxygen atoms in total. The number of nitrogens with one attached hydrogen (secondary N) is 1. The van der Waals surface area contributed by atoms with E-state index in [9.17, 15) is 22.4 Å². The molecule has 0 spiro atoms. The van der Waals surface area contributed by atoms with Crippen LogP contribution in [0.5, 0.6) is 0 Å². The molecule has 1 N–H and O–H groups in total. The number of rotatable bonds is 4. The molecule has 11 heteroatoms. The molecule has 1 aromatic carbocycles. The maximum Gasteiger partial charge on any atom is 0.271 e. The topological polar surface area (TPSA) is 114 Å². The van der Waals surface area contributed by atoms with Crippen LogP contribution < -0.4 is 5.32 Å². The van der Waals surface area contributed by atoms with Crippen LogP contribution in [-0.2, 0) is 19.4 Å². The van der Waals surface area contributed by atoms with Crippen molar-refractivity contribution in [2.75, 3.05) is 16.8 Å². The van der Waals surface area contributed by atoms with Crippen molar-refractivity contribution >= 4 is 33.1 Å². The molecule has 2 aliphatic rings. The lowest BCUT2D eigenvalue weighted by molar-refractivity contribution is -0.133. The number of amides is 2. The number of hydrogen-bond donors (Lipinski definition) is 1. The molecule has 31 heavy (non-hydrogen) atoms. The summed E-state index contributed by atoms with van der Waals surface area (Å²) in [5.41, 5.74) is 2.15. The molecule has 1 atom stereocenters. The summed E-state index contributed by atoms with van der Waals surface area (Å²) in [6.45, 7) is 3.63. The predicted octanol–water partition coefficient (Wildman–Crippen LogP) is 1.73. The highest BCUT2D eigenvalue weighted by Crippen LogP contribution is 2.23. The smallest absolute Gasteiger partial charge is 0.271 e. The van der Waals surface area contributed by atoms with E-state index in [1.165, 1.54) is 16.8 Å². The van der Waals surface area contributed by atoms with Gasteiger partial charge in [0.2, 0.25) is 5.91 Å². The number of sulfone groups is 1. The van der Waals surface area contributed by atoms with Gasteiger partial charge in [-0.25, -0.2) is 22.5 Å². The number of aryl methyl sites for hydroxylation is 2. The minimum atomic E-state index is -3.20. The maximum atomic E-state index is 14.7. The van der Waals surface area contributed by atoms with Gasteiger partial charge >= 0.3 is 0 Å². The van der Waals surface area contributed by atoms with Crippen LogP contribution in [0.4, 0.5) is 10.1 Å². The molecule has 4 rings (SSSR count). The van der Waals surface area contributed by atoms with Crippen LogP contribution in [0, 0.1) is 19.7 Å². The molecule has 0 aliphatic carbocycles. The van der Waals surface area contributed by atoms with Crippen LogP contribution in [0.15, 0.2) is 29.4 Å². The first kappa shape index (κ1) is 21.2. The molecule has 2 aromatic rings. The molecule has 1 unspecified atom stereocenters. The Morgan fingerprint density at radius 3 is 2.61 bits per heavy atom. The molecule has 0 saturated carbocycles. The molecule has 0 radical (unpaired) electrons.